The van der Waals surface area contributed by atoms with Crippen LogP contribution in [0.1, 0.15) is 50.7 Å². The van der Waals surface area contributed by atoms with Crippen LogP contribution in [0.5, 0.6) is 0 Å². The van der Waals surface area contributed by atoms with Crippen LogP contribution in [-0.4, -0.2) is 37.8 Å². The van der Waals surface area contributed by atoms with Crippen molar-refractivity contribution in [2.24, 2.45) is 0 Å². The van der Waals surface area contributed by atoms with Crippen LogP contribution < -0.4 is 0 Å². The molecule has 0 saturated heterocycles. The monoisotopic (exact) mass is 542 g/mol. The fraction of sp³-hybridized carbons (Fsp3) is 0.333. The second-order valence-corrected chi connectivity index (χ2v) is 15.9. The summed E-state index contributed by atoms with van der Waals surface area (Å²) in [5.41, 5.74) is 2.68. The molecule has 0 radical (unpaired) electrons. The van der Waals surface area contributed by atoms with E-state index in [2.05, 4.69) is 110 Å². The molecule has 0 aliphatic rings. The Bertz CT molecular complexity index is 648. The molecule has 0 aliphatic heterocycles. The van der Waals surface area contributed by atoms with Crippen molar-refractivity contribution in [1.29, 1.82) is 0 Å². The summed E-state index contributed by atoms with van der Waals surface area (Å²) < 4.78 is 3.20. The molecule has 2 aromatic rings. The van der Waals surface area contributed by atoms with Crippen LogP contribution in [0.4, 0.5) is 0 Å². The number of unbranched alkanes of at least 4 members (excludes halogenated alkanes) is 2. The maximum absolute atomic E-state index is 2.43. The van der Waals surface area contributed by atoms with Gasteiger partial charge in [-0.1, -0.05) is 0 Å². The van der Waals surface area contributed by atoms with Crippen molar-refractivity contribution >= 4 is 61.9 Å². The van der Waals surface area contributed by atoms with Gasteiger partial charge in [-0.3, -0.25) is 0 Å². The van der Waals surface area contributed by atoms with Gasteiger partial charge in [0.25, 0.3) is 0 Å². The first-order valence-electron chi connectivity index (χ1n) is 9.95. The predicted molar refractivity (Wildman–Crippen MR) is 135 cm³/mol. The maximum atomic E-state index is 2.43. The van der Waals surface area contributed by atoms with E-state index in [0.29, 0.717) is 26.3 Å². The van der Waals surface area contributed by atoms with Crippen molar-refractivity contribution in [2.45, 2.75) is 39.5 Å². The summed E-state index contributed by atoms with van der Waals surface area (Å²) in [7, 11) is 0. The van der Waals surface area contributed by atoms with Gasteiger partial charge in [0.1, 0.15) is 0 Å². The van der Waals surface area contributed by atoms with Crippen LogP contribution >= 0.6 is 23.5 Å². The first-order valence-corrected chi connectivity index (χ1v) is 18.0. The Labute approximate surface area is 191 Å². The summed E-state index contributed by atoms with van der Waals surface area (Å²) in [5, 5.41) is 0. The van der Waals surface area contributed by atoms with Crippen LogP contribution in [-0.2, 0) is 0 Å². The number of rotatable bonds is 13. The average molecular weight is 541 g/mol. The summed E-state index contributed by atoms with van der Waals surface area (Å²) in [6, 6.07) is 21.6. The Morgan fingerprint density at radius 2 is 1.07 bits per heavy atom. The molecular formula is C24H30S2Se2. The van der Waals surface area contributed by atoms with Crippen molar-refractivity contribution in [3.8, 4) is 0 Å². The third kappa shape index (κ3) is 10.4. The molecule has 0 saturated carbocycles. The van der Waals surface area contributed by atoms with Gasteiger partial charge >= 0.3 is 192 Å². The molecule has 0 amide bonds. The third-order valence-corrected chi connectivity index (χ3v) is 16.7. The zero-order valence-corrected chi connectivity index (χ0v) is 21.9. The Hall–Kier alpha value is -0.341. The van der Waals surface area contributed by atoms with Crippen molar-refractivity contribution in [3.05, 3.63) is 79.4 Å². The van der Waals surface area contributed by atoms with Gasteiger partial charge in [-0.05, 0) is 0 Å². The quantitative estimate of drug-likeness (QED) is 0.192. The Balaban J connectivity index is 2.08. The fourth-order valence-electron chi connectivity index (χ4n) is 2.27. The second-order valence-electron chi connectivity index (χ2n) is 6.32. The number of thioether (sulfide) groups is 2. The van der Waals surface area contributed by atoms with E-state index in [1.165, 1.54) is 48.3 Å². The Kier molecular flexibility index (Phi) is 13.2. The molecule has 0 spiro atoms. The zero-order chi connectivity index (χ0) is 19.9. The first-order chi connectivity index (χ1) is 13.8. The zero-order valence-electron chi connectivity index (χ0n) is 16.8. The molecule has 0 unspecified atom stereocenters. The molecule has 0 heterocycles. The molecule has 2 rings (SSSR count). The molecule has 2 aromatic carbocycles. The molecule has 0 atom stereocenters. The SMILES string of the molecule is CCCCS/C(=C\c1ccccc1)[Se][Se]/C(=C/c1ccccc1)SCCCC. The molecule has 28 heavy (non-hydrogen) atoms. The van der Waals surface area contributed by atoms with Gasteiger partial charge in [0, 0.05) is 0 Å². The molecule has 0 nitrogen and oxygen atoms in total. The van der Waals surface area contributed by atoms with Crippen molar-refractivity contribution < 1.29 is 0 Å². The van der Waals surface area contributed by atoms with E-state index in [1.807, 2.05) is 0 Å². The van der Waals surface area contributed by atoms with Crippen LogP contribution in [0.3, 0.4) is 0 Å². The molecule has 0 aromatic heterocycles. The molecule has 0 aliphatic carbocycles. The van der Waals surface area contributed by atoms with E-state index in [0.717, 1.165) is 0 Å². The average Bonchev–Trinajstić information content (AvgIpc) is 2.73. The summed E-state index contributed by atoms with van der Waals surface area (Å²) in [6.07, 6.45) is 10.0. The van der Waals surface area contributed by atoms with E-state index in [-0.39, 0.29) is 0 Å². The van der Waals surface area contributed by atoms with Gasteiger partial charge in [0.05, 0.1) is 0 Å². The first kappa shape index (κ1) is 23.9. The molecule has 0 N–H and O–H groups in total. The van der Waals surface area contributed by atoms with E-state index in [1.54, 1.807) is 7.61 Å². The van der Waals surface area contributed by atoms with Crippen molar-refractivity contribution in [1.82, 2.24) is 0 Å². The molecule has 150 valence electrons. The van der Waals surface area contributed by atoms with Gasteiger partial charge in [-0.2, -0.15) is 0 Å². The summed E-state index contributed by atoms with van der Waals surface area (Å²) in [4.78, 5) is 0. The number of benzene rings is 2. The molecular weight excluding hydrogens is 510 g/mol. The van der Waals surface area contributed by atoms with Gasteiger partial charge < -0.3 is 0 Å². The predicted octanol–water partition coefficient (Wildman–Crippen LogP) is 7.37. The topological polar surface area (TPSA) is 0 Å². The molecule has 4 heteroatoms. The van der Waals surface area contributed by atoms with E-state index in [9.17, 15) is 0 Å². The van der Waals surface area contributed by atoms with E-state index >= 15 is 0 Å². The van der Waals surface area contributed by atoms with Crippen molar-refractivity contribution in [3.63, 3.8) is 0 Å². The number of hydrogen-bond donors (Lipinski definition) is 0. The van der Waals surface area contributed by atoms with Gasteiger partial charge in [-0.25, -0.2) is 0 Å². The minimum atomic E-state index is 0.543. The Morgan fingerprint density at radius 3 is 1.43 bits per heavy atom. The second kappa shape index (κ2) is 15.5. The molecule has 0 fully saturated rings. The van der Waals surface area contributed by atoms with Gasteiger partial charge in [-0.15, -0.1) is 0 Å². The summed E-state index contributed by atoms with van der Waals surface area (Å²) in [5.74, 6) is 2.49. The standard InChI is InChI=1S/C24H30S2Se2/c1-3-5-17-25-23(19-21-13-9-7-10-14-21)27-28-24(26-18-6-4-2)20-22-15-11-8-12-16-22/h7-16,19-20H,3-6,17-18H2,1-2H3/b23-19+,24-20+. The fourth-order valence-corrected chi connectivity index (χ4v) is 14.7. The number of hydrogen-bond acceptors (Lipinski definition) is 2. The normalized spacial score (nSPS) is 12.4. The summed E-state index contributed by atoms with van der Waals surface area (Å²) in [6.45, 7) is 4.56. The van der Waals surface area contributed by atoms with Crippen molar-refractivity contribution in [2.75, 3.05) is 11.5 Å². The van der Waals surface area contributed by atoms with Crippen LogP contribution in [0.25, 0.3) is 12.2 Å². The summed E-state index contributed by atoms with van der Waals surface area (Å²) >= 11 is 5.26. The molecule has 0 bridgehead atoms. The van der Waals surface area contributed by atoms with Crippen LogP contribution in [0.2, 0.25) is 0 Å². The Morgan fingerprint density at radius 1 is 0.679 bits per heavy atom. The van der Waals surface area contributed by atoms with E-state index in [4.69, 9.17) is 0 Å². The van der Waals surface area contributed by atoms with Crippen LogP contribution in [0.15, 0.2) is 68.3 Å². The minimum absolute atomic E-state index is 0.543. The van der Waals surface area contributed by atoms with Crippen LogP contribution in [0, 0.1) is 0 Å². The third-order valence-electron chi connectivity index (χ3n) is 3.86. The van der Waals surface area contributed by atoms with Gasteiger partial charge in [0.15, 0.2) is 0 Å². The van der Waals surface area contributed by atoms with E-state index < -0.39 is 0 Å². The van der Waals surface area contributed by atoms with Gasteiger partial charge in [0.2, 0.25) is 0 Å².